The van der Waals surface area contributed by atoms with Crippen LogP contribution in [0.15, 0.2) is 22.6 Å². The Morgan fingerprint density at radius 1 is 1.19 bits per heavy atom. The Morgan fingerprint density at radius 3 is 2.36 bits per heavy atom. The smallest absolute Gasteiger partial charge is 0.306 e. The molecular weight excluding hydrogens is 478 g/mol. The first-order valence-corrected chi connectivity index (χ1v) is 13.5. The van der Waals surface area contributed by atoms with Crippen LogP contribution in [0.1, 0.15) is 84.9 Å². The highest BCUT2D eigenvalue weighted by molar-refractivity contribution is 7.09. The van der Waals surface area contributed by atoms with Gasteiger partial charge in [-0.2, -0.15) is 0 Å². The molecule has 0 amide bonds. The molecule has 0 aliphatic heterocycles. The van der Waals surface area contributed by atoms with Crippen LogP contribution in [0.3, 0.4) is 0 Å². The Hall–Kier alpha value is -1.87. The van der Waals surface area contributed by atoms with E-state index in [9.17, 15) is 24.9 Å². The van der Waals surface area contributed by atoms with E-state index in [1.54, 1.807) is 46.0 Å². The quantitative estimate of drug-likeness (QED) is 0.222. The van der Waals surface area contributed by atoms with Crippen LogP contribution >= 0.6 is 11.3 Å². The number of ketones is 1. The summed E-state index contributed by atoms with van der Waals surface area (Å²) in [5, 5.41) is 32.2. The van der Waals surface area contributed by atoms with Gasteiger partial charge in [0, 0.05) is 42.1 Å². The molecule has 0 fully saturated rings. The summed E-state index contributed by atoms with van der Waals surface area (Å²) in [4.78, 5) is 30.3. The molecule has 1 aromatic rings. The maximum atomic E-state index is 13.0. The van der Waals surface area contributed by atoms with E-state index in [1.807, 2.05) is 38.3 Å². The maximum Gasteiger partial charge on any atom is 0.306 e. The molecule has 5 atom stereocenters. The molecule has 1 heterocycles. The zero-order chi connectivity index (χ0) is 27.6. The van der Waals surface area contributed by atoms with Gasteiger partial charge in [0.1, 0.15) is 11.9 Å². The van der Waals surface area contributed by atoms with Crippen molar-refractivity contribution in [3.8, 4) is 0 Å². The SMILES string of the molecule is C/C(=C/CC(OC(=O)CCC(C)(C)C(=O)C(C)C(O)C(C)CO)/C(C)=C/c1csc(C)n1)CC(C)O. The first-order chi connectivity index (χ1) is 16.7. The van der Waals surface area contributed by atoms with Gasteiger partial charge < -0.3 is 20.1 Å². The van der Waals surface area contributed by atoms with Crippen molar-refractivity contribution < 1.29 is 29.6 Å². The largest absolute Gasteiger partial charge is 0.457 e. The van der Waals surface area contributed by atoms with Crippen molar-refractivity contribution in [3.63, 3.8) is 0 Å². The second-order valence-corrected chi connectivity index (χ2v) is 11.7. The van der Waals surface area contributed by atoms with Gasteiger partial charge >= 0.3 is 5.97 Å². The number of aliphatic hydroxyl groups excluding tert-OH is 3. The summed E-state index contributed by atoms with van der Waals surface area (Å²) in [6, 6.07) is 0. The minimum Gasteiger partial charge on any atom is -0.457 e. The number of hydrogen-bond acceptors (Lipinski definition) is 8. The van der Waals surface area contributed by atoms with E-state index in [2.05, 4.69) is 4.98 Å². The number of carbonyl (C=O) groups excluding carboxylic acids is 2. The minimum atomic E-state index is -0.947. The molecule has 36 heavy (non-hydrogen) atoms. The molecule has 0 aromatic carbocycles. The lowest BCUT2D eigenvalue weighted by atomic mass is 9.75. The number of Topliss-reactive ketones (excluding diaryl/α,β-unsaturated/α-hetero) is 1. The van der Waals surface area contributed by atoms with Gasteiger partial charge in [0.25, 0.3) is 0 Å². The maximum absolute atomic E-state index is 13.0. The number of aromatic nitrogens is 1. The second-order valence-electron chi connectivity index (χ2n) is 10.7. The van der Waals surface area contributed by atoms with Crippen molar-refractivity contribution in [1.29, 1.82) is 0 Å². The third-order valence-corrected chi connectivity index (χ3v) is 7.30. The van der Waals surface area contributed by atoms with Gasteiger partial charge in [-0.3, -0.25) is 9.59 Å². The molecule has 0 aliphatic rings. The molecular formula is C28H45NO6S. The Balaban J connectivity index is 2.92. The number of aryl methyl sites for hydroxylation is 1. The standard InChI is InChI=1S/C28H45NO6S/c1-17(13-20(4)31)9-10-24(18(2)14-23-16-36-22(6)29-23)35-25(32)11-12-28(7,8)27(34)21(5)26(33)19(3)15-30/h9,14,16,19-21,24,26,30-31,33H,10-13,15H2,1-8H3/b17-9-,18-14+. The van der Waals surface area contributed by atoms with E-state index in [1.165, 1.54) is 0 Å². The van der Waals surface area contributed by atoms with Crippen molar-refractivity contribution in [2.45, 2.75) is 99.4 Å². The molecule has 1 aromatic heterocycles. The molecule has 0 saturated carbocycles. The first kappa shape index (κ1) is 32.2. The molecule has 5 unspecified atom stereocenters. The Labute approximate surface area is 220 Å². The summed E-state index contributed by atoms with van der Waals surface area (Å²) < 4.78 is 5.85. The molecule has 8 heteroatoms. The van der Waals surface area contributed by atoms with Gasteiger partial charge in [-0.1, -0.05) is 39.3 Å². The van der Waals surface area contributed by atoms with E-state index < -0.39 is 41.5 Å². The number of thiazole rings is 1. The number of ether oxygens (including phenoxy) is 1. The summed E-state index contributed by atoms with van der Waals surface area (Å²) in [5.41, 5.74) is 1.86. The van der Waals surface area contributed by atoms with Crippen molar-refractivity contribution >= 4 is 29.2 Å². The van der Waals surface area contributed by atoms with Gasteiger partial charge in [0.2, 0.25) is 0 Å². The average molecular weight is 524 g/mol. The topological polar surface area (TPSA) is 117 Å². The minimum absolute atomic E-state index is 0.0626. The number of nitrogens with zero attached hydrogens (tertiary/aromatic N) is 1. The van der Waals surface area contributed by atoms with Crippen molar-refractivity contribution in [2.24, 2.45) is 17.3 Å². The highest BCUT2D eigenvalue weighted by Gasteiger charge is 2.36. The highest BCUT2D eigenvalue weighted by Crippen LogP contribution is 2.30. The molecule has 0 aliphatic carbocycles. The van der Waals surface area contributed by atoms with Crippen LogP contribution in [-0.4, -0.2) is 57.0 Å². The Bertz CT molecular complexity index is 917. The number of hydrogen-bond donors (Lipinski definition) is 3. The van der Waals surface area contributed by atoms with Gasteiger partial charge in [-0.05, 0) is 52.2 Å². The fourth-order valence-corrected chi connectivity index (χ4v) is 4.65. The predicted octanol–water partition coefficient (Wildman–Crippen LogP) is 4.87. The number of rotatable bonds is 15. The van der Waals surface area contributed by atoms with Gasteiger partial charge in [-0.15, -0.1) is 11.3 Å². The van der Waals surface area contributed by atoms with Crippen LogP contribution in [0, 0.1) is 24.2 Å². The lowest BCUT2D eigenvalue weighted by Crippen LogP contribution is -2.39. The zero-order valence-corrected chi connectivity index (χ0v) is 23.9. The highest BCUT2D eigenvalue weighted by atomic mass is 32.1. The fraction of sp³-hybridized carbons (Fsp3) is 0.679. The van der Waals surface area contributed by atoms with E-state index >= 15 is 0 Å². The predicted molar refractivity (Wildman–Crippen MR) is 144 cm³/mol. The average Bonchev–Trinajstić information content (AvgIpc) is 3.21. The summed E-state index contributed by atoms with van der Waals surface area (Å²) in [5.74, 6) is -1.61. The molecule has 0 spiro atoms. The summed E-state index contributed by atoms with van der Waals surface area (Å²) in [6.45, 7) is 14.2. The summed E-state index contributed by atoms with van der Waals surface area (Å²) in [7, 11) is 0. The van der Waals surface area contributed by atoms with E-state index in [0.717, 1.165) is 21.8 Å². The van der Waals surface area contributed by atoms with E-state index in [4.69, 9.17) is 4.74 Å². The Kier molecular flexibility index (Phi) is 13.2. The molecule has 0 bridgehead atoms. The normalized spacial score (nSPS) is 17.3. The third kappa shape index (κ3) is 10.6. The molecule has 204 valence electrons. The molecule has 0 radical (unpaired) electrons. The second kappa shape index (κ2) is 14.8. The van der Waals surface area contributed by atoms with Crippen LogP contribution < -0.4 is 0 Å². The van der Waals surface area contributed by atoms with E-state index in [0.29, 0.717) is 12.8 Å². The molecule has 0 saturated heterocycles. The van der Waals surface area contributed by atoms with Gasteiger partial charge in [0.15, 0.2) is 0 Å². The van der Waals surface area contributed by atoms with Crippen molar-refractivity contribution in [2.75, 3.05) is 6.61 Å². The van der Waals surface area contributed by atoms with Crippen LogP contribution in [0.4, 0.5) is 0 Å². The summed E-state index contributed by atoms with van der Waals surface area (Å²) >= 11 is 1.55. The van der Waals surface area contributed by atoms with Crippen molar-refractivity contribution in [3.05, 3.63) is 33.3 Å². The van der Waals surface area contributed by atoms with Crippen LogP contribution in [0.25, 0.3) is 6.08 Å². The third-order valence-electron chi connectivity index (χ3n) is 6.51. The lowest BCUT2D eigenvalue weighted by molar-refractivity contribution is -0.148. The molecule has 7 nitrogen and oxygen atoms in total. The number of carbonyl (C=O) groups is 2. The van der Waals surface area contributed by atoms with Gasteiger partial charge in [0.05, 0.1) is 22.9 Å². The molecule has 3 N–H and O–H groups in total. The fourth-order valence-electron chi connectivity index (χ4n) is 4.08. The van der Waals surface area contributed by atoms with Crippen LogP contribution in [0.5, 0.6) is 0 Å². The first-order valence-electron chi connectivity index (χ1n) is 12.6. The lowest BCUT2D eigenvalue weighted by Gasteiger charge is -2.30. The van der Waals surface area contributed by atoms with Crippen LogP contribution in [0.2, 0.25) is 0 Å². The monoisotopic (exact) mass is 523 g/mol. The molecule has 1 rings (SSSR count). The Morgan fingerprint density at radius 2 is 1.83 bits per heavy atom. The number of aliphatic hydroxyl groups is 3. The van der Waals surface area contributed by atoms with Crippen LogP contribution in [-0.2, 0) is 14.3 Å². The van der Waals surface area contributed by atoms with Gasteiger partial charge in [-0.25, -0.2) is 4.98 Å². The zero-order valence-electron chi connectivity index (χ0n) is 23.1. The van der Waals surface area contributed by atoms with E-state index in [-0.39, 0.29) is 25.2 Å². The summed E-state index contributed by atoms with van der Waals surface area (Å²) in [6.07, 6.45) is 3.37. The number of esters is 1. The van der Waals surface area contributed by atoms with Crippen molar-refractivity contribution in [1.82, 2.24) is 4.98 Å².